The highest BCUT2D eigenvalue weighted by Gasteiger charge is 2.06. The van der Waals surface area contributed by atoms with Gasteiger partial charge in [-0.25, -0.2) is 8.78 Å². The summed E-state index contributed by atoms with van der Waals surface area (Å²) < 4.78 is 26.7. The first kappa shape index (κ1) is 9.43. The van der Waals surface area contributed by atoms with Crippen LogP contribution in [0.1, 0.15) is 0 Å². The second kappa shape index (κ2) is 3.83. The summed E-state index contributed by atoms with van der Waals surface area (Å²) in [5.74, 6) is -1.10. The van der Waals surface area contributed by atoms with E-state index in [1.54, 1.807) is 0 Å². The van der Waals surface area contributed by atoms with E-state index in [0.29, 0.717) is 5.69 Å². The molecule has 0 radical (unpaired) electrons. The van der Waals surface area contributed by atoms with Gasteiger partial charge in [0.15, 0.2) is 5.82 Å². The van der Waals surface area contributed by atoms with Crippen molar-refractivity contribution in [3.63, 3.8) is 0 Å². The predicted octanol–water partition coefficient (Wildman–Crippen LogP) is 3.47. The van der Waals surface area contributed by atoms with Crippen molar-refractivity contribution in [2.24, 2.45) is 0 Å². The van der Waals surface area contributed by atoms with Crippen molar-refractivity contribution in [2.75, 3.05) is 1.33 Å². The quantitative estimate of drug-likeness (QED) is 0.532. The SMILES string of the molecule is Fc1ccc(N(I)I)c(F)c1. The van der Waals surface area contributed by atoms with E-state index < -0.39 is 11.6 Å². The molecular weight excluding hydrogens is 378 g/mol. The van der Waals surface area contributed by atoms with Crippen LogP contribution in [0.3, 0.4) is 0 Å². The molecule has 0 bridgehead atoms. The van der Waals surface area contributed by atoms with E-state index in [9.17, 15) is 8.78 Å². The summed E-state index contributed by atoms with van der Waals surface area (Å²) in [6, 6.07) is 3.48. The third-order valence-corrected chi connectivity index (χ3v) is 2.13. The summed E-state index contributed by atoms with van der Waals surface area (Å²) in [7, 11) is 0. The van der Waals surface area contributed by atoms with Gasteiger partial charge in [0.05, 0.1) is 51.4 Å². The summed E-state index contributed by atoms with van der Waals surface area (Å²) in [6.07, 6.45) is 0. The number of hydrogen-bond donors (Lipinski definition) is 0. The Morgan fingerprint density at radius 2 is 1.82 bits per heavy atom. The Balaban J connectivity index is 3.09. The minimum Gasteiger partial charge on any atom is -0.252 e. The van der Waals surface area contributed by atoms with Gasteiger partial charge in [-0.1, -0.05) is 0 Å². The standard InChI is InChI=1S/C6H3F2I2N/c7-4-1-2-6(11(9)10)5(8)3-4/h1-3H. The number of benzene rings is 1. The summed E-state index contributed by atoms with van der Waals surface area (Å²) in [4.78, 5) is 0. The minimum absolute atomic E-state index is 0.368. The second-order valence-corrected chi connectivity index (χ2v) is 5.60. The van der Waals surface area contributed by atoms with Gasteiger partial charge in [0.25, 0.3) is 0 Å². The Kier molecular flexibility index (Phi) is 3.29. The largest absolute Gasteiger partial charge is 0.252 e. The van der Waals surface area contributed by atoms with E-state index in [-0.39, 0.29) is 0 Å². The van der Waals surface area contributed by atoms with E-state index in [1.807, 2.05) is 45.7 Å². The molecular formula is C6H3F2I2N. The molecule has 11 heavy (non-hydrogen) atoms. The van der Waals surface area contributed by atoms with Gasteiger partial charge < -0.3 is 0 Å². The van der Waals surface area contributed by atoms with Crippen LogP contribution in [0.2, 0.25) is 0 Å². The van der Waals surface area contributed by atoms with Crippen LogP contribution in [0.5, 0.6) is 0 Å². The van der Waals surface area contributed by atoms with E-state index in [0.717, 1.165) is 6.07 Å². The zero-order chi connectivity index (χ0) is 8.43. The molecule has 0 saturated carbocycles. The first-order valence-electron chi connectivity index (χ1n) is 2.68. The smallest absolute Gasteiger partial charge is 0.150 e. The fraction of sp³-hybridized carbons (Fsp3) is 0. The van der Waals surface area contributed by atoms with Crippen LogP contribution < -0.4 is 1.33 Å². The fourth-order valence-electron chi connectivity index (χ4n) is 0.618. The van der Waals surface area contributed by atoms with Gasteiger partial charge in [0, 0.05) is 6.07 Å². The van der Waals surface area contributed by atoms with Crippen molar-refractivity contribution in [3.05, 3.63) is 29.8 Å². The van der Waals surface area contributed by atoms with Crippen molar-refractivity contribution < 1.29 is 8.78 Å². The topological polar surface area (TPSA) is 3.24 Å². The normalized spacial score (nSPS) is 9.82. The Hall–Kier alpha value is 0.340. The molecule has 0 N–H and O–H groups in total. The molecule has 0 aliphatic heterocycles. The van der Waals surface area contributed by atoms with Crippen LogP contribution >= 0.6 is 45.7 Å². The Morgan fingerprint density at radius 3 is 2.27 bits per heavy atom. The summed E-state index contributed by atoms with van der Waals surface area (Å²) in [5.41, 5.74) is 0.368. The molecule has 60 valence electrons. The van der Waals surface area contributed by atoms with E-state index in [1.165, 1.54) is 13.5 Å². The third-order valence-electron chi connectivity index (χ3n) is 1.09. The number of halogens is 4. The van der Waals surface area contributed by atoms with Crippen LogP contribution in [0.15, 0.2) is 18.2 Å². The van der Waals surface area contributed by atoms with Gasteiger partial charge in [0.2, 0.25) is 0 Å². The summed E-state index contributed by atoms with van der Waals surface area (Å²) in [6.45, 7) is 0. The molecule has 0 amide bonds. The lowest BCUT2D eigenvalue weighted by molar-refractivity contribution is 0.586. The number of rotatable bonds is 1. The van der Waals surface area contributed by atoms with Gasteiger partial charge in [0.1, 0.15) is 5.82 Å². The van der Waals surface area contributed by atoms with Crippen molar-refractivity contribution in [1.29, 1.82) is 0 Å². The highest BCUT2D eigenvalue weighted by atomic mass is 127. The molecule has 0 aromatic heterocycles. The summed E-state index contributed by atoms with van der Waals surface area (Å²) in [5, 5.41) is 0. The molecule has 1 rings (SSSR count). The first-order valence-corrected chi connectivity index (χ1v) is 4.61. The summed E-state index contributed by atoms with van der Waals surface area (Å²) >= 11 is 3.81. The van der Waals surface area contributed by atoms with E-state index in [4.69, 9.17) is 0 Å². The average molecular weight is 381 g/mol. The molecule has 0 unspecified atom stereocenters. The number of nitrogens with zero attached hydrogens (tertiary/aromatic N) is 1. The molecule has 0 saturated heterocycles. The predicted molar refractivity (Wildman–Crippen MR) is 56.9 cm³/mol. The Labute approximate surface area is 90.8 Å². The average Bonchev–Trinajstić information content (AvgIpc) is 1.85. The number of anilines is 1. The zero-order valence-corrected chi connectivity index (χ0v) is 9.51. The highest BCUT2D eigenvalue weighted by Crippen LogP contribution is 2.26. The molecule has 5 heteroatoms. The molecule has 0 aliphatic rings. The van der Waals surface area contributed by atoms with Gasteiger partial charge in [-0.15, -0.1) is 0 Å². The van der Waals surface area contributed by atoms with Gasteiger partial charge in [-0.05, 0) is 12.1 Å². The van der Waals surface area contributed by atoms with Crippen LogP contribution in [0, 0.1) is 11.6 Å². The molecule has 1 aromatic carbocycles. The van der Waals surface area contributed by atoms with Crippen LogP contribution in [-0.2, 0) is 0 Å². The minimum atomic E-state index is -0.555. The molecule has 0 spiro atoms. The zero-order valence-electron chi connectivity index (χ0n) is 5.19. The molecule has 1 nitrogen and oxygen atoms in total. The van der Waals surface area contributed by atoms with E-state index >= 15 is 0 Å². The maximum absolute atomic E-state index is 12.8. The van der Waals surface area contributed by atoms with Gasteiger partial charge in [-0.2, -0.15) is 0 Å². The van der Waals surface area contributed by atoms with Crippen molar-refractivity contribution >= 4 is 51.4 Å². The second-order valence-electron chi connectivity index (χ2n) is 1.83. The van der Waals surface area contributed by atoms with Crippen LogP contribution in [-0.4, -0.2) is 0 Å². The van der Waals surface area contributed by atoms with Crippen LogP contribution in [0.25, 0.3) is 0 Å². The van der Waals surface area contributed by atoms with Gasteiger partial charge >= 0.3 is 0 Å². The molecule has 0 fully saturated rings. The van der Waals surface area contributed by atoms with Crippen molar-refractivity contribution in [1.82, 2.24) is 0 Å². The molecule has 0 atom stereocenters. The van der Waals surface area contributed by atoms with Crippen molar-refractivity contribution in [2.45, 2.75) is 0 Å². The lowest BCUT2D eigenvalue weighted by Crippen LogP contribution is -1.93. The molecule has 1 aromatic rings. The number of hydrogen-bond acceptors (Lipinski definition) is 1. The van der Waals surface area contributed by atoms with Crippen molar-refractivity contribution in [3.8, 4) is 0 Å². The maximum Gasteiger partial charge on any atom is 0.150 e. The third kappa shape index (κ3) is 2.39. The first-order chi connectivity index (χ1) is 5.11. The Morgan fingerprint density at radius 1 is 1.18 bits per heavy atom. The maximum atomic E-state index is 12.8. The fourth-order valence-corrected chi connectivity index (χ4v) is 1.40. The Bertz CT molecular complexity index is 265. The molecule has 0 aliphatic carbocycles. The lowest BCUT2D eigenvalue weighted by atomic mass is 10.3. The van der Waals surface area contributed by atoms with Gasteiger partial charge in [-0.3, -0.25) is 1.33 Å². The molecule has 0 heterocycles. The van der Waals surface area contributed by atoms with E-state index in [2.05, 4.69) is 0 Å². The lowest BCUT2D eigenvalue weighted by Gasteiger charge is -2.07. The monoisotopic (exact) mass is 381 g/mol. The highest BCUT2D eigenvalue weighted by molar-refractivity contribution is 14.2. The van der Waals surface area contributed by atoms with Crippen LogP contribution in [0.4, 0.5) is 14.5 Å².